The zero-order valence-electron chi connectivity index (χ0n) is 11.4. The Balaban J connectivity index is 2.05. The van der Waals surface area contributed by atoms with Gasteiger partial charge in [0.1, 0.15) is 10.8 Å². The smallest absolute Gasteiger partial charge is 0.221 e. The maximum absolute atomic E-state index is 10.9. The van der Waals surface area contributed by atoms with Gasteiger partial charge in [-0.2, -0.15) is 0 Å². The molecule has 1 aromatic carbocycles. The number of anilines is 2. The van der Waals surface area contributed by atoms with Crippen LogP contribution in [0.3, 0.4) is 0 Å². The van der Waals surface area contributed by atoms with E-state index in [4.69, 9.17) is 0 Å². The Kier molecular flexibility index (Phi) is 4.95. The largest absolute Gasteiger partial charge is 0.369 e. The summed E-state index contributed by atoms with van der Waals surface area (Å²) in [6, 6.07) is 7.62. The van der Waals surface area contributed by atoms with Crippen LogP contribution in [0, 0.1) is 0 Å². The van der Waals surface area contributed by atoms with E-state index < -0.39 is 0 Å². The van der Waals surface area contributed by atoms with Crippen molar-refractivity contribution in [1.29, 1.82) is 0 Å². The topological polar surface area (TPSA) is 66.9 Å². The molecular formula is C14H16N4OS. The molecule has 0 radical (unpaired) electrons. The quantitative estimate of drug-likeness (QED) is 0.885. The third-order valence-corrected chi connectivity index (χ3v) is 3.28. The fraction of sp³-hybridized carbons (Fsp3) is 0.214. The Morgan fingerprint density at radius 2 is 2.00 bits per heavy atom. The van der Waals surface area contributed by atoms with E-state index >= 15 is 0 Å². The second-order valence-electron chi connectivity index (χ2n) is 4.08. The Morgan fingerprint density at radius 1 is 1.25 bits per heavy atom. The number of aromatic nitrogens is 2. The molecule has 104 valence electrons. The summed E-state index contributed by atoms with van der Waals surface area (Å²) in [5, 5.41) is 6.69. The van der Waals surface area contributed by atoms with Gasteiger partial charge in [0.2, 0.25) is 5.91 Å². The van der Waals surface area contributed by atoms with Gasteiger partial charge in [-0.25, -0.2) is 4.98 Å². The highest BCUT2D eigenvalue weighted by atomic mass is 32.2. The molecule has 0 saturated heterocycles. The van der Waals surface area contributed by atoms with Crippen molar-refractivity contribution in [3.05, 3.63) is 36.7 Å². The lowest BCUT2D eigenvalue weighted by molar-refractivity contribution is -0.114. The predicted octanol–water partition coefficient (Wildman–Crippen LogP) is 3.02. The minimum absolute atomic E-state index is 0.0744. The highest BCUT2D eigenvalue weighted by Gasteiger charge is 2.02. The number of carbonyl (C=O) groups excluding carboxylic acids is 1. The second kappa shape index (κ2) is 6.91. The number of rotatable bonds is 5. The third kappa shape index (κ3) is 4.24. The molecule has 6 heteroatoms. The number of nitrogens with one attached hydrogen (secondary N) is 2. The Bertz CT molecular complexity index is 586. The molecule has 0 aliphatic carbocycles. The molecule has 0 aliphatic heterocycles. The maximum atomic E-state index is 10.9. The molecule has 0 bridgehead atoms. The molecule has 0 fully saturated rings. The van der Waals surface area contributed by atoms with E-state index in [9.17, 15) is 4.79 Å². The van der Waals surface area contributed by atoms with Gasteiger partial charge in [-0.3, -0.25) is 9.78 Å². The zero-order valence-corrected chi connectivity index (χ0v) is 12.2. The Hall–Kier alpha value is -2.08. The number of hydrogen-bond acceptors (Lipinski definition) is 5. The molecule has 1 heterocycles. The first-order valence-electron chi connectivity index (χ1n) is 6.29. The van der Waals surface area contributed by atoms with Gasteiger partial charge in [-0.1, -0.05) is 11.8 Å². The molecule has 2 aromatic rings. The van der Waals surface area contributed by atoms with Gasteiger partial charge in [0.15, 0.2) is 0 Å². The first-order valence-corrected chi connectivity index (χ1v) is 7.10. The minimum Gasteiger partial charge on any atom is -0.369 e. The summed E-state index contributed by atoms with van der Waals surface area (Å²) in [6.45, 7) is 4.32. The monoisotopic (exact) mass is 288 g/mol. The fourth-order valence-corrected chi connectivity index (χ4v) is 2.37. The minimum atomic E-state index is -0.0744. The molecule has 0 unspecified atom stereocenters. The van der Waals surface area contributed by atoms with Crippen LogP contribution in [-0.2, 0) is 4.79 Å². The Morgan fingerprint density at radius 3 is 2.65 bits per heavy atom. The molecule has 1 aromatic heterocycles. The van der Waals surface area contributed by atoms with Gasteiger partial charge in [-0.05, 0) is 31.2 Å². The van der Waals surface area contributed by atoms with Crippen LogP contribution in [-0.4, -0.2) is 22.4 Å². The van der Waals surface area contributed by atoms with Crippen LogP contribution in [0.15, 0.2) is 46.6 Å². The van der Waals surface area contributed by atoms with Crippen molar-refractivity contribution in [2.45, 2.75) is 23.8 Å². The van der Waals surface area contributed by atoms with Gasteiger partial charge in [-0.15, -0.1) is 0 Å². The molecule has 2 N–H and O–H groups in total. The highest BCUT2D eigenvalue weighted by molar-refractivity contribution is 7.99. The van der Waals surface area contributed by atoms with Crippen LogP contribution in [0.4, 0.5) is 11.5 Å². The molecule has 5 nitrogen and oxygen atoms in total. The molecule has 1 amide bonds. The summed E-state index contributed by atoms with van der Waals surface area (Å²) in [5.74, 6) is 0.696. The van der Waals surface area contributed by atoms with Crippen molar-refractivity contribution in [3.63, 3.8) is 0 Å². The second-order valence-corrected chi connectivity index (χ2v) is 5.17. The van der Waals surface area contributed by atoms with Gasteiger partial charge in [0.25, 0.3) is 0 Å². The summed E-state index contributed by atoms with van der Waals surface area (Å²) in [5.41, 5.74) is 0.786. The molecule has 0 aliphatic rings. The van der Waals surface area contributed by atoms with Crippen molar-refractivity contribution in [2.24, 2.45) is 0 Å². The molecule has 0 saturated carbocycles. The van der Waals surface area contributed by atoms with E-state index in [1.807, 2.05) is 31.2 Å². The molecule has 0 spiro atoms. The van der Waals surface area contributed by atoms with Crippen molar-refractivity contribution >= 4 is 29.2 Å². The normalized spacial score (nSPS) is 10.1. The summed E-state index contributed by atoms with van der Waals surface area (Å²) < 4.78 is 0. The number of hydrogen-bond donors (Lipinski definition) is 2. The number of benzene rings is 1. The zero-order chi connectivity index (χ0) is 14.4. The first kappa shape index (κ1) is 14.3. The summed E-state index contributed by atoms with van der Waals surface area (Å²) in [6.07, 6.45) is 3.43. The van der Waals surface area contributed by atoms with Crippen molar-refractivity contribution < 1.29 is 4.79 Å². The van der Waals surface area contributed by atoms with E-state index in [1.165, 1.54) is 18.7 Å². The Labute approximate surface area is 122 Å². The SMILES string of the molecule is CCNc1cncc(Sc2ccc(NC(C)=O)cc2)n1. The number of carbonyl (C=O) groups is 1. The standard InChI is InChI=1S/C14H16N4OS/c1-3-16-13-8-15-9-14(18-13)20-12-6-4-11(5-7-12)17-10(2)19/h4-9H,3H2,1-2H3,(H,16,18)(H,17,19). The lowest BCUT2D eigenvalue weighted by Gasteiger charge is -2.06. The van der Waals surface area contributed by atoms with Crippen LogP contribution in [0.1, 0.15) is 13.8 Å². The van der Waals surface area contributed by atoms with Crippen LogP contribution >= 0.6 is 11.8 Å². The van der Waals surface area contributed by atoms with Crippen LogP contribution in [0.5, 0.6) is 0 Å². The maximum Gasteiger partial charge on any atom is 0.221 e. The van der Waals surface area contributed by atoms with Gasteiger partial charge in [0, 0.05) is 24.1 Å². The van der Waals surface area contributed by atoms with Crippen LogP contribution < -0.4 is 10.6 Å². The molecule has 0 atom stereocenters. The molecular weight excluding hydrogens is 272 g/mol. The number of amides is 1. The van der Waals surface area contributed by atoms with Crippen molar-refractivity contribution in [3.8, 4) is 0 Å². The van der Waals surface area contributed by atoms with Gasteiger partial charge >= 0.3 is 0 Å². The van der Waals surface area contributed by atoms with E-state index in [0.29, 0.717) is 0 Å². The third-order valence-electron chi connectivity index (χ3n) is 2.37. The van der Waals surface area contributed by atoms with E-state index in [2.05, 4.69) is 20.6 Å². The van der Waals surface area contributed by atoms with Crippen molar-refractivity contribution in [2.75, 3.05) is 17.2 Å². The average Bonchev–Trinajstić information content (AvgIpc) is 2.41. The van der Waals surface area contributed by atoms with Crippen LogP contribution in [0.25, 0.3) is 0 Å². The lowest BCUT2D eigenvalue weighted by atomic mass is 10.3. The van der Waals surface area contributed by atoms with E-state index in [0.717, 1.165) is 28.0 Å². The van der Waals surface area contributed by atoms with Gasteiger partial charge in [0.05, 0.1) is 12.4 Å². The van der Waals surface area contributed by atoms with Crippen molar-refractivity contribution in [1.82, 2.24) is 9.97 Å². The molecule has 2 rings (SSSR count). The predicted molar refractivity (Wildman–Crippen MR) is 81.1 cm³/mol. The summed E-state index contributed by atoms with van der Waals surface area (Å²) in [4.78, 5) is 20.6. The lowest BCUT2D eigenvalue weighted by Crippen LogP contribution is -2.05. The molecule has 20 heavy (non-hydrogen) atoms. The van der Waals surface area contributed by atoms with Gasteiger partial charge < -0.3 is 10.6 Å². The van der Waals surface area contributed by atoms with E-state index in [1.54, 1.807) is 12.4 Å². The average molecular weight is 288 g/mol. The fourth-order valence-electron chi connectivity index (χ4n) is 1.59. The van der Waals surface area contributed by atoms with E-state index in [-0.39, 0.29) is 5.91 Å². The summed E-state index contributed by atoms with van der Waals surface area (Å²) >= 11 is 1.53. The highest BCUT2D eigenvalue weighted by Crippen LogP contribution is 2.27. The first-order chi connectivity index (χ1) is 9.67. The number of nitrogens with zero attached hydrogens (tertiary/aromatic N) is 2. The summed E-state index contributed by atoms with van der Waals surface area (Å²) in [7, 11) is 0. The van der Waals surface area contributed by atoms with Crippen LogP contribution in [0.2, 0.25) is 0 Å².